The molecule has 3 nitrogen and oxygen atoms in total. The average Bonchev–Trinajstić information content (AvgIpc) is 2.33. The molecule has 2 unspecified atom stereocenters. The summed E-state index contributed by atoms with van der Waals surface area (Å²) >= 11 is 6.13. The summed E-state index contributed by atoms with van der Waals surface area (Å²) < 4.78 is 5.30. The first-order valence-electron chi connectivity index (χ1n) is 6.11. The Balaban J connectivity index is 2.28. The molecule has 18 heavy (non-hydrogen) atoms. The highest BCUT2D eigenvalue weighted by Gasteiger charge is 2.22. The number of methoxy groups -OCH3 is 1. The Morgan fingerprint density at radius 2 is 2.11 bits per heavy atom. The molecule has 1 saturated heterocycles. The highest BCUT2D eigenvalue weighted by molar-refractivity contribution is 7.28. The topological polar surface area (TPSA) is 15.7 Å². The summed E-state index contributed by atoms with van der Waals surface area (Å²) in [5.74, 6) is 0.740. The Morgan fingerprint density at radius 3 is 2.72 bits per heavy atom. The van der Waals surface area contributed by atoms with Gasteiger partial charge in [0.15, 0.2) is 0 Å². The molecule has 2 atom stereocenters. The van der Waals surface area contributed by atoms with E-state index in [2.05, 4.69) is 33.0 Å². The van der Waals surface area contributed by atoms with Crippen LogP contribution in [0, 0.1) is 0 Å². The maximum absolute atomic E-state index is 6.13. The predicted octanol–water partition coefficient (Wildman–Crippen LogP) is 1.99. The van der Waals surface area contributed by atoms with Crippen LogP contribution in [0.1, 0.15) is 6.92 Å². The molecular weight excluding hydrogens is 267 g/mol. The van der Waals surface area contributed by atoms with Crippen molar-refractivity contribution in [1.29, 1.82) is 0 Å². The number of ether oxygens (including phenoxy) is 1. The van der Waals surface area contributed by atoms with Gasteiger partial charge in [-0.05, 0) is 25.3 Å². The number of benzene rings is 1. The number of likely N-dealkylation sites (N-methyl/N-ethyl adjacent to an activating group) is 1. The van der Waals surface area contributed by atoms with Crippen LogP contribution in [0.15, 0.2) is 12.1 Å². The minimum Gasteiger partial charge on any atom is -0.495 e. The monoisotopic (exact) mass is 286 g/mol. The van der Waals surface area contributed by atoms with Crippen molar-refractivity contribution in [3.8, 4) is 5.75 Å². The van der Waals surface area contributed by atoms with Gasteiger partial charge in [-0.3, -0.25) is 0 Å². The van der Waals surface area contributed by atoms with Crippen LogP contribution in [-0.2, 0) is 0 Å². The molecule has 1 aliphatic heterocycles. The normalized spacial score (nSPS) is 21.2. The number of hydrogen-bond donors (Lipinski definition) is 0. The van der Waals surface area contributed by atoms with Gasteiger partial charge < -0.3 is 14.5 Å². The number of halogens is 1. The number of anilines is 1. The van der Waals surface area contributed by atoms with Gasteiger partial charge in [0.2, 0.25) is 0 Å². The lowest BCUT2D eigenvalue weighted by molar-refractivity contribution is 0.234. The second-order valence-electron chi connectivity index (χ2n) is 4.82. The summed E-state index contributed by atoms with van der Waals surface area (Å²) in [6.07, 6.45) is 0. The second kappa shape index (κ2) is 5.64. The van der Waals surface area contributed by atoms with Crippen LogP contribution >= 0.6 is 20.8 Å². The standard InChI is InChI=1S/C13H20ClN2OP/c1-9-8-16(5-4-15(9)2)11-7-12(17-3)10(14)6-13(11)18/h6-7,9H,4-5,8,18H2,1-3H3. The smallest absolute Gasteiger partial charge is 0.139 e. The maximum atomic E-state index is 6.13. The van der Waals surface area contributed by atoms with Gasteiger partial charge in [-0.1, -0.05) is 11.6 Å². The maximum Gasteiger partial charge on any atom is 0.139 e. The van der Waals surface area contributed by atoms with Gasteiger partial charge in [-0.15, -0.1) is 9.24 Å². The minimum absolute atomic E-state index is 0.560. The first-order valence-corrected chi connectivity index (χ1v) is 7.06. The molecule has 0 amide bonds. The van der Waals surface area contributed by atoms with Crippen LogP contribution in [0.25, 0.3) is 0 Å². The average molecular weight is 287 g/mol. The van der Waals surface area contributed by atoms with E-state index in [4.69, 9.17) is 16.3 Å². The molecule has 1 aliphatic rings. The highest BCUT2D eigenvalue weighted by atomic mass is 35.5. The number of rotatable bonds is 2. The lowest BCUT2D eigenvalue weighted by Gasteiger charge is -2.39. The van der Waals surface area contributed by atoms with Crippen molar-refractivity contribution < 1.29 is 4.74 Å². The third kappa shape index (κ3) is 2.74. The van der Waals surface area contributed by atoms with E-state index in [1.165, 1.54) is 5.69 Å². The zero-order valence-electron chi connectivity index (χ0n) is 11.1. The molecule has 2 rings (SSSR count). The first-order chi connectivity index (χ1) is 8.52. The van der Waals surface area contributed by atoms with E-state index >= 15 is 0 Å². The van der Waals surface area contributed by atoms with E-state index in [-0.39, 0.29) is 0 Å². The summed E-state index contributed by atoms with van der Waals surface area (Å²) in [6.45, 7) is 5.40. The number of hydrogen-bond acceptors (Lipinski definition) is 3. The van der Waals surface area contributed by atoms with Crippen LogP contribution in [0.2, 0.25) is 5.02 Å². The molecule has 1 aromatic rings. The van der Waals surface area contributed by atoms with Gasteiger partial charge in [-0.25, -0.2) is 0 Å². The fourth-order valence-corrected chi connectivity index (χ4v) is 3.04. The third-order valence-electron chi connectivity index (χ3n) is 3.60. The van der Waals surface area contributed by atoms with Crippen LogP contribution in [0.3, 0.4) is 0 Å². The minimum atomic E-state index is 0.560. The lowest BCUT2D eigenvalue weighted by atomic mass is 10.1. The molecule has 0 N–H and O–H groups in total. The van der Waals surface area contributed by atoms with Crippen molar-refractivity contribution in [3.05, 3.63) is 17.2 Å². The molecular formula is C13H20ClN2OP. The molecule has 0 spiro atoms. The van der Waals surface area contributed by atoms with Crippen LogP contribution < -0.4 is 14.9 Å². The van der Waals surface area contributed by atoms with Crippen molar-refractivity contribution in [2.45, 2.75) is 13.0 Å². The summed E-state index contributed by atoms with van der Waals surface area (Å²) in [6, 6.07) is 4.54. The molecule has 0 aliphatic carbocycles. The van der Waals surface area contributed by atoms with E-state index in [0.29, 0.717) is 11.1 Å². The molecule has 0 radical (unpaired) electrons. The van der Waals surface area contributed by atoms with Crippen molar-refractivity contribution in [1.82, 2.24) is 4.90 Å². The van der Waals surface area contributed by atoms with E-state index in [1.54, 1.807) is 7.11 Å². The zero-order chi connectivity index (χ0) is 13.3. The summed E-state index contributed by atoms with van der Waals surface area (Å²) in [7, 11) is 6.59. The van der Waals surface area contributed by atoms with Gasteiger partial charge in [0.25, 0.3) is 0 Å². The third-order valence-corrected chi connectivity index (χ3v) is 4.36. The first kappa shape index (κ1) is 13.9. The van der Waals surface area contributed by atoms with Crippen LogP contribution in [0.5, 0.6) is 5.75 Å². The van der Waals surface area contributed by atoms with E-state index < -0.39 is 0 Å². The zero-order valence-corrected chi connectivity index (χ0v) is 13.0. The van der Waals surface area contributed by atoms with Gasteiger partial charge in [0.1, 0.15) is 5.75 Å². The fourth-order valence-electron chi connectivity index (χ4n) is 2.26. The van der Waals surface area contributed by atoms with Crippen LogP contribution in [-0.4, -0.2) is 44.7 Å². The Bertz CT molecular complexity index is 441. The SMILES string of the molecule is COc1cc(N2CCN(C)C(C)C2)c(P)cc1Cl. The second-order valence-corrected chi connectivity index (χ2v) is 5.85. The Morgan fingerprint density at radius 1 is 1.39 bits per heavy atom. The molecule has 5 heteroatoms. The van der Waals surface area contributed by atoms with Gasteiger partial charge in [0, 0.05) is 37.4 Å². The molecule has 1 fully saturated rings. The van der Waals surface area contributed by atoms with Crippen molar-refractivity contribution >= 4 is 31.8 Å². The Kier molecular flexibility index (Phi) is 4.37. The molecule has 0 aromatic heterocycles. The Hall–Kier alpha value is -0.500. The Labute approximate surface area is 116 Å². The van der Waals surface area contributed by atoms with Gasteiger partial charge in [0.05, 0.1) is 12.1 Å². The lowest BCUT2D eigenvalue weighted by Crippen LogP contribution is -2.50. The van der Waals surface area contributed by atoms with Crippen molar-refractivity contribution in [3.63, 3.8) is 0 Å². The van der Waals surface area contributed by atoms with Crippen molar-refractivity contribution in [2.75, 3.05) is 38.7 Å². The quantitative estimate of drug-likeness (QED) is 0.774. The molecule has 1 aromatic carbocycles. The van der Waals surface area contributed by atoms with Gasteiger partial charge >= 0.3 is 0 Å². The summed E-state index contributed by atoms with van der Waals surface area (Å²) in [5.41, 5.74) is 1.20. The van der Waals surface area contributed by atoms with Crippen molar-refractivity contribution in [2.24, 2.45) is 0 Å². The fraction of sp³-hybridized carbons (Fsp3) is 0.538. The summed E-state index contributed by atoms with van der Waals surface area (Å²) in [4.78, 5) is 4.78. The number of piperazine rings is 1. The largest absolute Gasteiger partial charge is 0.495 e. The van der Waals surface area contributed by atoms with Crippen LogP contribution in [0.4, 0.5) is 5.69 Å². The molecule has 1 heterocycles. The van der Waals surface area contributed by atoms with E-state index in [9.17, 15) is 0 Å². The van der Waals surface area contributed by atoms with E-state index in [0.717, 1.165) is 30.7 Å². The predicted molar refractivity (Wildman–Crippen MR) is 81.7 cm³/mol. The molecule has 0 bridgehead atoms. The number of nitrogens with zero attached hydrogens (tertiary/aromatic N) is 2. The molecule has 100 valence electrons. The summed E-state index contributed by atoms with van der Waals surface area (Å²) in [5, 5.41) is 1.78. The van der Waals surface area contributed by atoms with E-state index in [1.807, 2.05) is 12.1 Å². The molecule has 0 saturated carbocycles. The van der Waals surface area contributed by atoms with Gasteiger partial charge in [-0.2, -0.15) is 0 Å². The highest BCUT2D eigenvalue weighted by Crippen LogP contribution is 2.30.